The van der Waals surface area contributed by atoms with Crippen LogP contribution in [0.25, 0.3) is 0 Å². The second-order valence-electron chi connectivity index (χ2n) is 6.20. The number of halogens is 1. The Morgan fingerprint density at radius 1 is 1.35 bits per heavy atom. The summed E-state index contributed by atoms with van der Waals surface area (Å²) in [5, 5.41) is 3.55. The van der Waals surface area contributed by atoms with Gasteiger partial charge in [0.2, 0.25) is 5.91 Å². The van der Waals surface area contributed by atoms with E-state index in [-0.39, 0.29) is 24.4 Å². The molecule has 1 aliphatic heterocycles. The molecule has 0 spiro atoms. The van der Waals surface area contributed by atoms with Gasteiger partial charge in [-0.15, -0.1) is 0 Å². The molecule has 2 amide bonds. The number of carbonyl (C=O) groups is 2. The average Bonchev–Trinajstić information content (AvgIpc) is 2.53. The molecule has 1 atom stereocenters. The second kappa shape index (κ2) is 6.79. The van der Waals surface area contributed by atoms with E-state index in [4.69, 9.17) is 16.3 Å². The lowest BCUT2D eigenvalue weighted by molar-refractivity contribution is -0.128. The molecule has 0 saturated heterocycles. The minimum atomic E-state index is -0.605. The molecule has 1 aromatic carbocycles. The highest BCUT2D eigenvalue weighted by atomic mass is 35.5. The molecular formula is C17H21ClN2O3. The van der Waals surface area contributed by atoms with Gasteiger partial charge in [0.25, 0.3) is 5.91 Å². The van der Waals surface area contributed by atoms with E-state index in [1.165, 1.54) is 11.3 Å². The SMILES string of the molecule is CC1Oc2ccc(Cl)cc2N(CC(=O)NC2CCCCC2)C1=O. The number of amides is 2. The zero-order valence-electron chi connectivity index (χ0n) is 13.2. The smallest absolute Gasteiger partial charge is 0.268 e. The third-order valence-electron chi connectivity index (χ3n) is 4.40. The molecule has 2 aliphatic rings. The highest BCUT2D eigenvalue weighted by Gasteiger charge is 2.33. The highest BCUT2D eigenvalue weighted by Crippen LogP contribution is 2.36. The standard InChI is InChI=1S/C17H21ClN2O3/c1-11-17(22)20(14-9-12(18)7-8-15(14)23-11)10-16(21)19-13-5-3-2-4-6-13/h7-9,11,13H,2-6,10H2,1H3,(H,19,21). The third kappa shape index (κ3) is 3.61. The maximum atomic E-state index is 12.4. The number of hydrogen-bond donors (Lipinski definition) is 1. The van der Waals surface area contributed by atoms with Gasteiger partial charge in [0.05, 0.1) is 5.69 Å². The maximum absolute atomic E-state index is 12.4. The van der Waals surface area contributed by atoms with E-state index in [0.717, 1.165) is 25.7 Å². The first-order valence-electron chi connectivity index (χ1n) is 8.11. The van der Waals surface area contributed by atoms with Crippen molar-refractivity contribution in [2.24, 2.45) is 0 Å². The van der Waals surface area contributed by atoms with E-state index in [9.17, 15) is 9.59 Å². The zero-order valence-corrected chi connectivity index (χ0v) is 13.9. The van der Waals surface area contributed by atoms with E-state index in [1.807, 2.05) is 0 Å². The van der Waals surface area contributed by atoms with E-state index in [0.29, 0.717) is 16.5 Å². The minimum Gasteiger partial charge on any atom is -0.479 e. The zero-order chi connectivity index (χ0) is 16.4. The van der Waals surface area contributed by atoms with Gasteiger partial charge in [0.1, 0.15) is 12.3 Å². The first kappa shape index (κ1) is 16.1. The molecule has 0 radical (unpaired) electrons. The quantitative estimate of drug-likeness (QED) is 0.923. The highest BCUT2D eigenvalue weighted by molar-refractivity contribution is 6.31. The monoisotopic (exact) mass is 336 g/mol. The fourth-order valence-electron chi connectivity index (χ4n) is 3.21. The van der Waals surface area contributed by atoms with Crippen LogP contribution in [0.1, 0.15) is 39.0 Å². The third-order valence-corrected chi connectivity index (χ3v) is 4.64. The summed E-state index contributed by atoms with van der Waals surface area (Å²) in [4.78, 5) is 26.2. The number of rotatable bonds is 3. The van der Waals surface area contributed by atoms with Crippen LogP contribution >= 0.6 is 11.6 Å². The number of ether oxygens (including phenoxy) is 1. The molecule has 6 heteroatoms. The molecule has 1 heterocycles. The van der Waals surface area contributed by atoms with Gasteiger partial charge in [0.15, 0.2) is 6.10 Å². The Labute approximate surface area is 140 Å². The van der Waals surface area contributed by atoms with Crippen molar-refractivity contribution in [2.45, 2.75) is 51.2 Å². The summed E-state index contributed by atoms with van der Waals surface area (Å²) in [7, 11) is 0. The largest absolute Gasteiger partial charge is 0.479 e. The topological polar surface area (TPSA) is 58.6 Å². The minimum absolute atomic E-state index is 0.00360. The Hall–Kier alpha value is -1.75. The van der Waals surface area contributed by atoms with E-state index in [2.05, 4.69) is 5.32 Å². The molecule has 0 bridgehead atoms. The predicted molar refractivity (Wildman–Crippen MR) is 88.9 cm³/mol. The first-order valence-corrected chi connectivity index (χ1v) is 8.49. The van der Waals surface area contributed by atoms with E-state index in [1.54, 1.807) is 25.1 Å². The molecule has 1 saturated carbocycles. The van der Waals surface area contributed by atoms with Crippen LogP contribution in [0.2, 0.25) is 5.02 Å². The molecule has 1 aromatic rings. The summed E-state index contributed by atoms with van der Waals surface area (Å²) >= 11 is 6.02. The Morgan fingerprint density at radius 2 is 2.09 bits per heavy atom. The van der Waals surface area contributed by atoms with Crippen molar-refractivity contribution in [1.82, 2.24) is 5.32 Å². The Morgan fingerprint density at radius 3 is 2.83 bits per heavy atom. The number of carbonyl (C=O) groups excluding carboxylic acids is 2. The predicted octanol–water partition coefficient (Wildman–Crippen LogP) is 2.90. The Bertz CT molecular complexity index is 614. The van der Waals surface area contributed by atoms with Crippen molar-refractivity contribution >= 4 is 29.1 Å². The summed E-state index contributed by atoms with van der Waals surface area (Å²) in [6.45, 7) is 1.68. The van der Waals surface area contributed by atoms with Gasteiger partial charge in [-0.3, -0.25) is 14.5 Å². The number of nitrogens with zero attached hydrogens (tertiary/aromatic N) is 1. The van der Waals surface area contributed by atoms with Gasteiger partial charge in [-0.05, 0) is 38.0 Å². The summed E-state index contributed by atoms with van der Waals surface area (Å²) < 4.78 is 5.58. The van der Waals surface area contributed by atoms with Crippen molar-refractivity contribution in [3.63, 3.8) is 0 Å². The summed E-state index contributed by atoms with van der Waals surface area (Å²) in [5.74, 6) is 0.218. The summed E-state index contributed by atoms with van der Waals surface area (Å²) in [5.41, 5.74) is 0.555. The van der Waals surface area contributed by atoms with Gasteiger partial charge in [-0.2, -0.15) is 0 Å². The molecule has 1 aliphatic carbocycles. The summed E-state index contributed by atoms with van der Waals surface area (Å²) in [6, 6.07) is 5.33. The van der Waals surface area contributed by atoms with Crippen LogP contribution in [-0.4, -0.2) is 30.5 Å². The fraction of sp³-hybridized carbons (Fsp3) is 0.529. The Kier molecular flexibility index (Phi) is 4.76. The van der Waals surface area contributed by atoms with Gasteiger partial charge < -0.3 is 10.1 Å². The molecular weight excluding hydrogens is 316 g/mol. The first-order chi connectivity index (χ1) is 11.0. The molecule has 1 unspecified atom stereocenters. The van der Waals surface area contributed by atoms with Crippen LogP contribution in [0.3, 0.4) is 0 Å². The molecule has 1 N–H and O–H groups in total. The van der Waals surface area contributed by atoms with Gasteiger partial charge in [-0.1, -0.05) is 30.9 Å². The van der Waals surface area contributed by atoms with Crippen LogP contribution in [0.4, 0.5) is 5.69 Å². The van der Waals surface area contributed by atoms with Crippen molar-refractivity contribution < 1.29 is 14.3 Å². The van der Waals surface area contributed by atoms with Crippen molar-refractivity contribution in [1.29, 1.82) is 0 Å². The lowest BCUT2D eigenvalue weighted by Gasteiger charge is -2.33. The average molecular weight is 337 g/mol. The van der Waals surface area contributed by atoms with Gasteiger partial charge in [-0.25, -0.2) is 0 Å². The van der Waals surface area contributed by atoms with E-state index < -0.39 is 6.10 Å². The number of benzene rings is 1. The van der Waals surface area contributed by atoms with Crippen LogP contribution in [0.5, 0.6) is 5.75 Å². The van der Waals surface area contributed by atoms with Crippen LogP contribution < -0.4 is 15.0 Å². The maximum Gasteiger partial charge on any atom is 0.268 e. The number of anilines is 1. The van der Waals surface area contributed by atoms with Crippen molar-refractivity contribution in [3.8, 4) is 5.75 Å². The fourth-order valence-corrected chi connectivity index (χ4v) is 3.37. The number of nitrogens with one attached hydrogen (secondary N) is 1. The second-order valence-corrected chi connectivity index (χ2v) is 6.64. The van der Waals surface area contributed by atoms with Crippen molar-refractivity contribution in [3.05, 3.63) is 23.2 Å². The van der Waals surface area contributed by atoms with Gasteiger partial charge in [0, 0.05) is 11.1 Å². The molecule has 3 rings (SSSR count). The summed E-state index contributed by atoms with van der Waals surface area (Å²) in [6.07, 6.45) is 4.96. The molecule has 0 aromatic heterocycles. The van der Waals surface area contributed by atoms with Crippen LogP contribution in [-0.2, 0) is 9.59 Å². The van der Waals surface area contributed by atoms with Crippen LogP contribution in [0, 0.1) is 0 Å². The lowest BCUT2D eigenvalue weighted by atomic mass is 9.95. The number of fused-ring (bicyclic) bond motifs is 1. The van der Waals surface area contributed by atoms with Gasteiger partial charge >= 0.3 is 0 Å². The number of hydrogen-bond acceptors (Lipinski definition) is 3. The van der Waals surface area contributed by atoms with E-state index >= 15 is 0 Å². The lowest BCUT2D eigenvalue weighted by Crippen LogP contribution is -2.50. The normalized spacial score (nSPS) is 21.6. The Balaban J connectivity index is 1.74. The van der Waals surface area contributed by atoms with Crippen LogP contribution in [0.15, 0.2) is 18.2 Å². The molecule has 5 nitrogen and oxygen atoms in total. The molecule has 1 fully saturated rings. The molecule has 23 heavy (non-hydrogen) atoms. The molecule has 124 valence electrons. The van der Waals surface area contributed by atoms with Crippen molar-refractivity contribution in [2.75, 3.05) is 11.4 Å².